The lowest BCUT2D eigenvalue weighted by molar-refractivity contribution is -0.116. The predicted molar refractivity (Wildman–Crippen MR) is 167 cm³/mol. The highest BCUT2D eigenvalue weighted by Gasteiger charge is 2.31. The minimum absolute atomic E-state index is 0.0210. The van der Waals surface area contributed by atoms with E-state index < -0.39 is 10.0 Å². The number of aromatic nitrogens is 2. The molecule has 0 spiro atoms. The Morgan fingerprint density at radius 2 is 1.84 bits per heavy atom. The van der Waals surface area contributed by atoms with Gasteiger partial charge in [0.25, 0.3) is 0 Å². The van der Waals surface area contributed by atoms with E-state index in [1.165, 1.54) is 16.6 Å². The number of anilines is 1. The summed E-state index contributed by atoms with van der Waals surface area (Å²) in [5.74, 6) is -0.0208. The lowest BCUT2D eigenvalue weighted by Crippen LogP contribution is -2.39. The van der Waals surface area contributed by atoms with Gasteiger partial charge in [0.15, 0.2) is 11.6 Å². The first-order valence-corrected chi connectivity index (χ1v) is 15.9. The summed E-state index contributed by atoms with van der Waals surface area (Å²) in [6.07, 6.45) is 6.14. The number of amides is 1. The van der Waals surface area contributed by atoms with Gasteiger partial charge in [-0.2, -0.15) is 9.40 Å². The van der Waals surface area contributed by atoms with Crippen LogP contribution in [0.5, 0.6) is 5.75 Å². The molecule has 1 fully saturated rings. The number of carbonyl (C=O) groups is 3. The van der Waals surface area contributed by atoms with Gasteiger partial charge in [-0.3, -0.25) is 19.5 Å². The van der Waals surface area contributed by atoms with Crippen LogP contribution >= 0.6 is 0 Å². The number of carbonyl (C=O) groups excluding carboxylic acids is 3. The van der Waals surface area contributed by atoms with Crippen molar-refractivity contribution in [1.29, 1.82) is 0 Å². The average Bonchev–Trinajstić information content (AvgIpc) is 3.45. The van der Waals surface area contributed by atoms with Crippen LogP contribution in [0.25, 0.3) is 0 Å². The van der Waals surface area contributed by atoms with Crippen LogP contribution in [0, 0.1) is 5.92 Å². The van der Waals surface area contributed by atoms with Crippen LogP contribution in [-0.4, -0.2) is 86.1 Å². The van der Waals surface area contributed by atoms with E-state index in [4.69, 9.17) is 4.74 Å². The number of sulfonamides is 1. The highest BCUT2D eigenvalue weighted by atomic mass is 32.2. The molecule has 0 aliphatic carbocycles. The largest absolute Gasteiger partial charge is 0.496 e. The molecule has 1 aliphatic rings. The Labute approximate surface area is 258 Å². The Morgan fingerprint density at radius 3 is 2.57 bits per heavy atom. The zero-order chi connectivity index (χ0) is 31.7. The Bertz CT molecular complexity index is 1610. The molecule has 4 rings (SSSR count). The molecule has 1 amide bonds. The van der Waals surface area contributed by atoms with Gasteiger partial charge in [0.2, 0.25) is 15.9 Å². The smallest absolute Gasteiger partial charge is 0.243 e. The predicted octanol–water partition coefficient (Wildman–Crippen LogP) is 3.50. The molecule has 11 nitrogen and oxygen atoms in total. The van der Waals surface area contributed by atoms with Crippen molar-refractivity contribution in [3.8, 4) is 5.75 Å². The number of para-hydroxylation sites is 1. The molecule has 44 heavy (non-hydrogen) atoms. The normalized spacial score (nSPS) is 14.6. The van der Waals surface area contributed by atoms with Gasteiger partial charge in [0, 0.05) is 38.0 Å². The minimum Gasteiger partial charge on any atom is -0.496 e. The monoisotopic (exact) mass is 621 g/mol. The van der Waals surface area contributed by atoms with Gasteiger partial charge in [-0.15, -0.1) is 0 Å². The zero-order valence-corrected chi connectivity index (χ0v) is 26.1. The van der Waals surface area contributed by atoms with E-state index in [0.717, 1.165) is 5.56 Å². The number of piperidine rings is 1. The molecule has 2 aromatic carbocycles. The summed E-state index contributed by atoms with van der Waals surface area (Å²) >= 11 is 0. The third kappa shape index (κ3) is 8.71. The van der Waals surface area contributed by atoms with E-state index in [1.54, 1.807) is 49.6 Å². The van der Waals surface area contributed by atoms with Gasteiger partial charge in [-0.05, 0) is 62.7 Å². The molecule has 1 aliphatic heterocycles. The van der Waals surface area contributed by atoms with Crippen LogP contribution in [0.1, 0.15) is 40.9 Å². The first kappa shape index (κ1) is 32.8. The standard InChI is InChI=1S/C32H39N5O6S/c1-36(2)15-7-10-26(38)18-24-8-6-11-27(19-24)44(41,42)37-16-13-23(14-17-37)20-29(39)32-28(22-33-35-32)34-31(40)21-25-9-4-5-12-30(25)43-3/h4-12,19,22-23H,13-18,20-21H2,1-3H3,(H,33,35)(H,34,40)/b10-7+. The molecule has 0 radical (unpaired) electrons. The van der Waals surface area contributed by atoms with E-state index in [9.17, 15) is 22.8 Å². The number of nitrogens with one attached hydrogen (secondary N) is 2. The van der Waals surface area contributed by atoms with E-state index in [0.29, 0.717) is 36.4 Å². The first-order valence-electron chi connectivity index (χ1n) is 14.5. The lowest BCUT2D eigenvalue weighted by Gasteiger charge is -2.31. The highest BCUT2D eigenvalue weighted by molar-refractivity contribution is 7.89. The number of hydrogen-bond donors (Lipinski definition) is 2. The average molecular weight is 622 g/mol. The van der Waals surface area contributed by atoms with Crippen molar-refractivity contribution in [3.63, 3.8) is 0 Å². The Hall–Kier alpha value is -4.13. The summed E-state index contributed by atoms with van der Waals surface area (Å²) in [5, 5.41) is 9.42. The van der Waals surface area contributed by atoms with E-state index in [2.05, 4.69) is 15.5 Å². The summed E-state index contributed by atoms with van der Waals surface area (Å²) in [5.41, 5.74) is 1.88. The van der Waals surface area contributed by atoms with Crippen LogP contribution < -0.4 is 10.1 Å². The van der Waals surface area contributed by atoms with Gasteiger partial charge < -0.3 is 15.0 Å². The van der Waals surface area contributed by atoms with Crippen LogP contribution in [0.15, 0.2) is 71.8 Å². The Morgan fingerprint density at radius 1 is 1.09 bits per heavy atom. The Balaban J connectivity index is 1.31. The molecule has 1 saturated heterocycles. The number of allylic oxidation sites excluding steroid dienone is 1. The molecule has 2 heterocycles. The molecule has 12 heteroatoms. The van der Waals surface area contributed by atoms with Crippen molar-refractivity contribution in [2.24, 2.45) is 5.92 Å². The maximum atomic E-state index is 13.4. The second-order valence-electron chi connectivity index (χ2n) is 11.1. The number of hydrogen-bond acceptors (Lipinski definition) is 8. The van der Waals surface area contributed by atoms with Crippen LogP contribution in [-0.2, 0) is 32.5 Å². The van der Waals surface area contributed by atoms with Crippen LogP contribution in [0.3, 0.4) is 0 Å². The molecule has 0 atom stereocenters. The number of benzene rings is 2. The molecule has 234 valence electrons. The number of Topliss-reactive ketones (excluding diaryl/α,β-unsaturated/α-hetero) is 1. The lowest BCUT2D eigenvalue weighted by atomic mass is 9.91. The van der Waals surface area contributed by atoms with Crippen molar-refractivity contribution in [3.05, 3.63) is 83.7 Å². The fourth-order valence-corrected chi connectivity index (χ4v) is 6.69. The maximum Gasteiger partial charge on any atom is 0.243 e. The first-order chi connectivity index (χ1) is 21.1. The van der Waals surface area contributed by atoms with Gasteiger partial charge in [0.1, 0.15) is 11.4 Å². The van der Waals surface area contributed by atoms with Crippen LogP contribution in [0.2, 0.25) is 0 Å². The Kier molecular flexibility index (Phi) is 11.2. The zero-order valence-electron chi connectivity index (χ0n) is 25.3. The third-order valence-electron chi connectivity index (χ3n) is 7.47. The van der Waals surface area contributed by atoms with Crippen molar-refractivity contribution in [1.82, 2.24) is 19.4 Å². The van der Waals surface area contributed by atoms with Gasteiger partial charge in [0.05, 0.1) is 30.3 Å². The number of nitrogens with zero attached hydrogens (tertiary/aromatic N) is 3. The second-order valence-corrected chi connectivity index (χ2v) is 13.1. The number of rotatable bonds is 14. The molecule has 1 aromatic heterocycles. The van der Waals surface area contributed by atoms with Crippen molar-refractivity contribution in [2.45, 2.75) is 37.0 Å². The molecule has 0 unspecified atom stereocenters. The third-order valence-corrected chi connectivity index (χ3v) is 9.37. The summed E-state index contributed by atoms with van der Waals surface area (Å²) in [6, 6.07) is 13.7. The number of likely N-dealkylation sites (N-methyl/N-ethyl adjacent to an activating group) is 1. The minimum atomic E-state index is -3.75. The van der Waals surface area contributed by atoms with Gasteiger partial charge >= 0.3 is 0 Å². The summed E-state index contributed by atoms with van der Waals surface area (Å²) < 4.78 is 33.5. The molecule has 0 saturated carbocycles. The molecular weight excluding hydrogens is 582 g/mol. The number of H-pyrrole nitrogens is 1. The van der Waals surface area contributed by atoms with Crippen molar-refractivity contribution < 1.29 is 27.5 Å². The van der Waals surface area contributed by atoms with Crippen molar-refractivity contribution >= 4 is 33.2 Å². The maximum absolute atomic E-state index is 13.4. The quantitative estimate of drug-likeness (QED) is 0.206. The molecule has 0 bridgehead atoms. The fourth-order valence-electron chi connectivity index (χ4n) is 5.15. The topological polar surface area (TPSA) is 142 Å². The van der Waals surface area contributed by atoms with Gasteiger partial charge in [-0.1, -0.05) is 36.4 Å². The molecule has 2 N–H and O–H groups in total. The van der Waals surface area contributed by atoms with E-state index in [1.807, 2.05) is 31.1 Å². The fraction of sp³-hybridized carbons (Fsp3) is 0.375. The number of ether oxygens (including phenoxy) is 1. The molecular formula is C32H39N5O6S. The number of methoxy groups -OCH3 is 1. The summed E-state index contributed by atoms with van der Waals surface area (Å²) in [4.78, 5) is 40.3. The number of aromatic amines is 1. The highest BCUT2D eigenvalue weighted by Crippen LogP contribution is 2.28. The van der Waals surface area contributed by atoms with Crippen LogP contribution in [0.4, 0.5) is 5.69 Å². The number of ketones is 2. The summed E-state index contributed by atoms with van der Waals surface area (Å²) in [7, 11) is 1.60. The molecule has 3 aromatic rings. The van der Waals surface area contributed by atoms with E-state index in [-0.39, 0.29) is 66.3 Å². The summed E-state index contributed by atoms with van der Waals surface area (Å²) in [6.45, 7) is 1.20. The SMILES string of the molecule is COc1ccccc1CC(=O)Nc1cn[nH]c1C(=O)CC1CCN(S(=O)(=O)c2cccc(CC(=O)/C=C/CN(C)C)c2)CC1. The second kappa shape index (κ2) is 15.0. The van der Waals surface area contributed by atoms with Crippen molar-refractivity contribution in [2.75, 3.05) is 46.2 Å². The van der Waals surface area contributed by atoms with Gasteiger partial charge in [-0.25, -0.2) is 8.42 Å². The van der Waals surface area contributed by atoms with E-state index >= 15 is 0 Å².